The van der Waals surface area contributed by atoms with Crippen molar-refractivity contribution in [1.29, 1.82) is 0 Å². The molecule has 11 heteroatoms. The molecule has 5 rings (SSSR count). The highest BCUT2D eigenvalue weighted by Crippen LogP contribution is 2.40. The van der Waals surface area contributed by atoms with Crippen LogP contribution in [0.15, 0.2) is 71.5 Å². The number of aromatic nitrogens is 4. The van der Waals surface area contributed by atoms with Crippen molar-refractivity contribution >= 4 is 39.9 Å². The SMILES string of the molecule is O=C(c1noc(-c2ccncc2)n1)c1c(C(F)(F)F)n(Cc2ccc(Cl)cc2Cl)c2ccccc12. The summed E-state index contributed by atoms with van der Waals surface area (Å²) in [4.78, 5) is 21.3. The minimum absolute atomic E-state index is 0.0130. The first kappa shape index (κ1) is 23.1. The lowest BCUT2D eigenvalue weighted by Gasteiger charge is -2.15. The van der Waals surface area contributed by atoms with Gasteiger partial charge in [0.15, 0.2) is 0 Å². The van der Waals surface area contributed by atoms with Crippen molar-refractivity contribution in [3.05, 3.63) is 99.7 Å². The van der Waals surface area contributed by atoms with E-state index in [2.05, 4.69) is 15.1 Å². The number of alkyl halides is 3. The number of fused-ring (bicyclic) bond motifs is 1. The third-order valence-electron chi connectivity index (χ3n) is 5.37. The first-order valence-electron chi connectivity index (χ1n) is 10.1. The molecule has 0 spiro atoms. The van der Waals surface area contributed by atoms with Crippen LogP contribution < -0.4 is 0 Å². The maximum Gasteiger partial charge on any atom is 0.432 e. The molecule has 0 N–H and O–H groups in total. The molecule has 0 amide bonds. The van der Waals surface area contributed by atoms with Crippen LogP contribution >= 0.6 is 23.2 Å². The molecule has 0 bridgehead atoms. The van der Waals surface area contributed by atoms with E-state index in [-0.39, 0.29) is 28.4 Å². The Labute approximate surface area is 205 Å². The molecule has 0 aliphatic carbocycles. The third kappa shape index (κ3) is 4.28. The van der Waals surface area contributed by atoms with E-state index in [0.717, 1.165) is 4.57 Å². The second-order valence-corrected chi connectivity index (χ2v) is 8.39. The van der Waals surface area contributed by atoms with Gasteiger partial charge in [-0.3, -0.25) is 9.78 Å². The summed E-state index contributed by atoms with van der Waals surface area (Å²) in [6.45, 7) is -0.243. The molecule has 0 radical (unpaired) electrons. The van der Waals surface area contributed by atoms with Crippen LogP contribution in [0.4, 0.5) is 13.2 Å². The maximum absolute atomic E-state index is 14.5. The lowest BCUT2D eigenvalue weighted by atomic mass is 10.1. The van der Waals surface area contributed by atoms with Gasteiger partial charge in [-0.2, -0.15) is 18.2 Å². The van der Waals surface area contributed by atoms with Crippen LogP contribution in [0.1, 0.15) is 27.4 Å². The van der Waals surface area contributed by atoms with Crippen LogP contribution in [-0.2, 0) is 12.7 Å². The van der Waals surface area contributed by atoms with E-state index in [0.29, 0.717) is 16.1 Å². The van der Waals surface area contributed by atoms with E-state index < -0.39 is 29.0 Å². The predicted octanol–water partition coefficient (Wildman–Crippen LogP) is 6.69. The van der Waals surface area contributed by atoms with Crippen molar-refractivity contribution in [2.24, 2.45) is 0 Å². The zero-order valence-corrected chi connectivity index (χ0v) is 19.1. The topological polar surface area (TPSA) is 73.8 Å². The van der Waals surface area contributed by atoms with E-state index in [1.165, 1.54) is 36.7 Å². The second-order valence-electron chi connectivity index (χ2n) is 7.55. The number of hydrogen-bond acceptors (Lipinski definition) is 5. The number of pyridine rings is 1. The molecule has 2 aromatic carbocycles. The lowest BCUT2D eigenvalue weighted by molar-refractivity contribution is -0.143. The van der Waals surface area contributed by atoms with Crippen LogP contribution in [0.2, 0.25) is 10.0 Å². The number of para-hydroxylation sites is 1. The number of carbonyl (C=O) groups excluding carboxylic acids is 1. The van der Waals surface area contributed by atoms with Crippen molar-refractivity contribution in [2.75, 3.05) is 0 Å². The first-order chi connectivity index (χ1) is 16.7. The van der Waals surface area contributed by atoms with Gasteiger partial charge in [0.05, 0.1) is 5.56 Å². The fourth-order valence-electron chi connectivity index (χ4n) is 3.85. The summed E-state index contributed by atoms with van der Waals surface area (Å²) in [5, 5.41) is 4.31. The Morgan fingerprint density at radius 2 is 1.77 bits per heavy atom. The maximum atomic E-state index is 14.5. The first-order valence-corrected chi connectivity index (χ1v) is 10.9. The highest BCUT2D eigenvalue weighted by atomic mass is 35.5. The second kappa shape index (κ2) is 8.83. The van der Waals surface area contributed by atoms with Gasteiger partial charge in [-0.05, 0) is 35.9 Å². The number of carbonyl (C=O) groups is 1. The van der Waals surface area contributed by atoms with E-state index >= 15 is 0 Å². The molecule has 0 atom stereocenters. The molecule has 5 aromatic rings. The lowest BCUT2D eigenvalue weighted by Crippen LogP contribution is -2.19. The van der Waals surface area contributed by atoms with Gasteiger partial charge in [-0.25, -0.2) is 0 Å². The Morgan fingerprint density at radius 1 is 1.03 bits per heavy atom. The number of halogens is 5. The standard InChI is InChI=1S/C24H13Cl2F3N4O2/c25-15-6-5-14(17(26)11-15)12-33-18-4-2-1-3-16(18)19(21(33)24(27,28)29)20(34)22-31-23(35-32-22)13-7-9-30-10-8-13/h1-11H,12H2. The van der Waals surface area contributed by atoms with Crippen LogP contribution in [-0.4, -0.2) is 25.5 Å². The van der Waals surface area contributed by atoms with Crippen LogP contribution in [0.3, 0.4) is 0 Å². The van der Waals surface area contributed by atoms with Crippen LogP contribution in [0.25, 0.3) is 22.4 Å². The van der Waals surface area contributed by atoms with Crippen molar-refractivity contribution in [1.82, 2.24) is 19.7 Å². The van der Waals surface area contributed by atoms with E-state index in [1.54, 1.807) is 30.3 Å². The van der Waals surface area contributed by atoms with Gasteiger partial charge in [-0.1, -0.05) is 52.6 Å². The number of ketones is 1. The molecule has 0 unspecified atom stereocenters. The smallest absolute Gasteiger partial charge is 0.333 e. The van der Waals surface area contributed by atoms with Crippen molar-refractivity contribution in [2.45, 2.75) is 12.7 Å². The third-order valence-corrected chi connectivity index (χ3v) is 5.95. The zero-order chi connectivity index (χ0) is 24.7. The molecular weight excluding hydrogens is 504 g/mol. The van der Waals surface area contributed by atoms with Gasteiger partial charge in [-0.15, -0.1) is 0 Å². The Kier molecular flexibility index (Phi) is 5.82. The normalized spacial score (nSPS) is 11.8. The molecule has 35 heavy (non-hydrogen) atoms. The minimum Gasteiger partial charge on any atom is -0.333 e. The Hall–Kier alpha value is -3.69. The summed E-state index contributed by atoms with van der Waals surface area (Å²) in [7, 11) is 0. The van der Waals surface area contributed by atoms with Crippen molar-refractivity contribution in [3.63, 3.8) is 0 Å². The molecule has 0 aliphatic rings. The fraction of sp³-hybridized carbons (Fsp3) is 0.0833. The summed E-state index contributed by atoms with van der Waals surface area (Å²) in [5.74, 6) is -1.52. The quantitative estimate of drug-likeness (QED) is 0.243. The summed E-state index contributed by atoms with van der Waals surface area (Å²) in [6, 6.07) is 13.8. The number of nitrogens with zero attached hydrogens (tertiary/aromatic N) is 4. The largest absolute Gasteiger partial charge is 0.432 e. The Balaban J connectivity index is 1.68. The van der Waals surface area contributed by atoms with Crippen molar-refractivity contribution in [3.8, 4) is 11.5 Å². The molecule has 0 saturated carbocycles. The van der Waals surface area contributed by atoms with Gasteiger partial charge in [0.25, 0.3) is 5.89 Å². The monoisotopic (exact) mass is 516 g/mol. The van der Waals surface area contributed by atoms with E-state index in [9.17, 15) is 18.0 Å². The molecule has 0 fully saturated rings. The highest BCUT2D eigenvalue weighted by molar-refractivity contribution is 6.35. The summed E-state index contributed by atoms with van der Waals surface area (Å²) in [6.07, 6.45) is -1.91. The molecule has 0 saturated heterocycles. The molecular formula is C24H13Cl2F3N4O2. The number of benzene rings is 2. The van der Waals surface area contributed by atoms with Gasteiger partial charge < -0.3 is 9.09 Å². The molecule has 0 aliphatic heterocycles. The van der Waals surface area contributed by atoms with Gasteiger partial charge >= 0.3 is 6.18 Å². The summed E-state index contributed by atoms with van der Waals surface area (Å²) >= 11 is 12.2. The van der Waals surface area contributed by atoms with E-state index in [4.69, 9.17) is 27.7 Å². The van der Waals surface area contributed by atoms with Crippen molar-refractivity contribution < 1.29 is 22.5 Å². The highest BCUT2D eigenvalue weighted by Gasteiger charge is 2.42. The number of hydrogen-bond donors (Lipinski definition) is 0. The van der Waals surface area contributed by atoms with Crippen LogP contribution in [0, 0.1) is 0 Å². The van der Waals surface area contributed by atoms with Gasteiger partial charge in [0.1, 0.15) is 5.69 Å². The Morgan fingerprint density at radius 3 is 2.49 bits per heavy atom. The van der Waals surface area contributed by atoms with Crippen LogP contribution in [0.5, 0.6) is 0 Å². The summed E-state index contributed by atoms with van der Waals surface area (Å²) < 4.78 is 49.5. The average molecular weight is 517 g/mol. The fourth-order valence-corrected chi connectivity index (χ4v) is 4.32. The van der Waals surface area contributed by atoms with E-state index in [1.807, 2.05) is 0 Å². The Bertz CT molecular complexity index is 1560. The van der Waals surface area contributed by atoms with Gasteiger partial charge in [0.2, 0.25) is 11.6 Å². The average Bonchev–Trinajstić information content (AvgIpc) is 3.45. The predicted molar refractivity (Wildman–Crippen MR) is 123 cm³/mol. The summed E-state index contributed by atoms with van der Waals surface area (Å²) in [5.41, 5.74) is -0.624. The minimum atomic E-state index is -4.87. The molecule has 3 heterocycles. The molecule has 176 valence electrons. The molecule has 3 aromatic heterocycles. The zero-order valence-electron chi connectivity index (χ0n) is 17.6. The van der Waals surface area contributed by atoms with Gasteiger partial charge in [0, 0.05) is 45.5 Å². The number of rotatable bonds is 5. The molecule has 6 nitrogen and oxygen atoms in total.